The first-order chi connectivity index (χ1) is 6.87. The summed E-state index contributed by atoms with van der Waals surface area (Å²) in [6.45, 7) is 0.905. The van der Waals surface area contributed by atoms with Gasteiger partial charge in [0.25, 0.3) is 0 Å². The normalized spacial score (nSPS) is 33.9. The van der Waals surface area contributed by atoms with Crippen molar-refractivity contribution in [1.82, 2.24) is 0 Å². The predicted octanol–water partition coefficient (Wildman–Crippen LogP) is 3.25. The Labute approximate surface area is 87.8 Å². The van der Waals surface area contributed by atoms with Crippen molar-refractivity contribution in [2.75, 3.05) is 6.54 Å². The maximum absolute atomic E-state index is 5.96. The molecule has 0 bridgehead atoms. The highest BCUT2D eigenvalue weighted by Gasteiger charge is 2.41. The number of rotatable bonds is 2. The smallest absolute Gasteiger partial charge is 0.00149 e. The molecular formula is C13H23N. The van der Waals surface area contributed by atoms with Crippen LogP contribution in [-0.4, -0.2) is 6.54 Å². The monoisotopic (exact) mass is 193 g/mol. The number of nitrogens with two attached hydrogens (primary N) is 1. The van der Waals surface area contributed by atoms with E-state index in [-0.39, 0.29) is 0 Å². The molecule has 0 aromatic heterocycles. The SMILES string of the molecule is NCC1(C2/C=C\CCCCC2)CCC1. The summed E-state index contributed by atoms with van der Waals surface area (Å²) in [6.07, 6.45) is 15.9. The van der Waals surface area contributed by atoms with Crippen LogP contribution in [0.1, 0.15) is 51.4 Å². The molecule has 0 amide bonds. The summed E-state index contributed by atoms with van der Waals surface area (Å²) < 4.78 is 0. The van der Waals surface area contributed by atoms with E-state index in [9.17, 15) is 0 Å². The number of hydrogen-bond donors (Lipinski definition) is 1. The molecular weight excluding hydrogens is 170 g/mol. The van der Waals surface area contributed by atoms with Gasteiger partial charge in [0, 0.05) is 0 Å². The van der Waals surface area contributed by atoms with Crippen LogP contribution in [0.3, 0.4) is 0 Å². The second-order valence-electron chi connectivity index (χ2n) is 5.09. The van der Waals surface area contributed by atoms with Gasteiger partial charge >= 0.3 is 0 Å². The average Bonchev–Trinajstić information content (AvgIpc) is 2.06. The molecule has 1 saturated carbocycles. The molecule has 0 heterocycles. The summed E-state index contributed by atoms with van der Waals surface area (Å²) in [5.41, 5.74) is 6.46. The van der Waals surface area contributed by atoms with Gasteiger partial charge in [-0.3, -0.25) is 0 Å². The maximum Gasteiger partial charge on any atom is -0.00149 e. The van der Waals surface area contributed by atoms with Gasteiger partial charge in [-0.25, -0.2) is 0 Å². The summed E-state index contributed by atoms with van der Waals surface area (Å²) in [7, 11) is 0. The Morgan fingerprint density at radius 1 is 1.14 bits per heavy atom. The van der Waals surface area contributed by atoms with Gasteiger partial charge in [-0.1, -0.05) is 31.4 Å². The second kappa shape index (κ2) is 4.48. The van der Waals surface area contributed by atoms with Crippen molar-refractivity contribution in [1.29, 1.82) is 0 Å². The fourth-order valence-corrected chi connectivity index (χ4v) is 3.03. The molecule has 1 heteroatoms. The molecule has 0 saturated heterocycles. The van der Waals surface area contributed by atoms with Crippen LogP contribution in [0.2, 0.25) is 0 Å². The van der Waals surface area contributed by atoms with E-state index in [4.69, 9.17) is 5.73 Å². The molecule has 0 spiro atoms. The standard InChI is InChI=1S/C13H23N/c14-11-13(9-6-10-13)12-7-4-2-1-3-5-8-12/h4,7,12H,1-3,5-6,8-11,14H2/b7-4-. The number of allylic oxidation sites excluding steroid dienone is 2. The Hall–Kier alpha value is -0.300. The first-order valence-corrected chi connectivity index (χ1v) is 6.24. The van der Waals surface area contributed by atoms with Gasteiger partial charge in [0.05, 0.1) is 0 Å². The molecule has 1 atom stereocenters. The lowest BCUT2D eigenvalue weighted by atomic mass is 9.59. The lowest BCUT2D eigenvalue weighted by molar-refractivity contribution is 0.0778. The summed E-state index contributed by atoms with van der Waals surface area (Å²) in [5.74, 6) is 0.793. The molecule has 0 aliphatic heterocycles. The first kappa shape index (κ1) is 10.2. The van der Waals surface area contributed by atoms with E-state index in [2.05, 4.69) is 12.2 Å². The van der Waals surface area contributed by atoms with Gasteiger partial charge in [0.15, 0.2) is 0 Å². The third-order valence-corrected chi connectivity index (χ3v) is 4.30. The molecule has 1 nitrogen and oxygen atoms in total. The van der Waals surface area contributed by atoms with Crippen LogP contribution in [0.4, 0.5) is 0 Å². The minimum Gasteiger partial charge on any atom is -0.330 e. The van der Waals surface area contributed by atoms with E-state index in [1.807, 2.05) is 0 Å². The minimum absolute atomic E-state index is 0.508. The Morgan fingerprint density at radius 2 is 2.00 bits per heavy atom. The highest BCUT2D eigenvalue weighted by atomic mass is 14.6. The molecule has 0 radical (unpaired) electrons. The molecule has 1 unspecified atom stereocenters. The Bertz CT molecular complexity index is 198. The van der Waals surface area contributed by atoms with Crippen LogP contribution in [-0.2, 0) is 0 Å². The van der Waals surface area contributed by atoms with Crippen LogP contribution in [0.25, 0.3) is 0 Å². The van der Waals surface area contributed by atoms with Gasteiger partial charge in [-0.2, -0.15) is 0 Å². The van der Waals surface area contributed by atoms with Gasteiger partial charge in [0.1, 0.15) is 0 Å². The average molecular weight is 193 g/mol. The summed E-state index contributed by atoms with van der Waals surface area (Å²) in [4.78, 5) is 0. The summed E-state index contributed by atoms with van der Waals surface area (Å²) >= 11 is 0. The molecule has 0 aromatic rings. The Kier molecular flexibility index (Phi) is 3.27. The molecule has 2 rings (SSSR count). The van der Waals surface area contributed by atoms with E-state index in [0.29, 0.717) is 5.41 Å². The topological polar surface area (TPSA) is 26.0 Å². The molecule has 80 valence electrons. The highest BCUT2D eigenvalue weighted by Crippen LogP contribution is 2.49. The molecule has 14 heavy (non-hydrogen) atoms. The van der Waals surface area contributed by atoms with Crippen LogP contribution in [0.15, 0.2) is 12.2 Å². The van der Waals surface area contributed by atoms with Gasteiger partial charge in [-0.05, 0) is 50.0 Å². The zero-order valence-corrected chi connectivity index (χ0v) is 9.17. The lowest BCUT2D eigenvalue weighted by Gasteiger charge is -2.46. The van der Waals surface area contributed by atoms with Gasteiger partial charge in [0.2, 0.25) is 0 Å². The van der Waals surface area contributed by atoms with Crippen LogP contribution in [0, 0.1) is 11.3 Å². The van der Waals surface area contributed by atoms with Crippen molar-refractivity contribution < 1.29 is 0 Å². The second-order valence-corrected chi connectivity index (χ2v) is 5.09. The van der Waals surface area contributed by atoms with Crippen LogP contribution < -0.4 is 5.73 Å². The van der Waals surface area contributed by atoms with Crippen molar-refractivity contribution in [3.8, 4) is 0 Å². The molecule has 0 aromatic carbocycles. The zero-order valence-electron chi connectivity index (χ0n) is 9.17. The predicted molar refractivity (Wildman–Crippen MR) is 61.1 cm³/mol. The third kappa shape index (κ3) is 1.88. The fraction of sp³-hybridized carbons (Fsp3) is 0.846. The summed E-state index contributed by atoms with van der Waals surface area (Å²) in [6, 6.07) is 0. The van der Waals surface area contributed by atoms with Gasteiger partial charge in [-0.15, -0.1) is 0 Å². The zero-order chi connectivity index (χ0) is 9.86. The van der Waals surface area contributed by atoms with Crippen molar-refractivity contribution in [3.05, 3.63) is 12.2 Å². The fourth-order valence-electron chi connectivity index (χ4n) is 3.03. The van der Waals surface area contributed by atoms with Gasteiger partial charge < -0.3 is 5.73 Å². The number of hydrogen-bond acceptors (Lipinski definition) is 1. The van der Waals surface area contributed by atoms with E-state index in [1.165, 1.54) is 51.4 Å². The first-order valence-electron chi connectivity index (χ1n) is 6.24. The minimum atomic E-state index is 0.508. The Balaban J connectivity index is 2.02. The van der Waals surface area contributed by atoms with E-state index >= 15 is 0 Å². The molecule has 2 N–H and O–H groups in total. The molecule has 2 aliphatic carbocycles. The van der Waals surface area contributed by atoms with E-state index in [0.717, 1.165) is 12.5 Å². The Morgan fingerprint density at radius 3 is 2.64 bits per heavy atom. The lowest BCUT2D eigenvalue weighted by Crippen LogP contribution is -2.43. The van der Waals surface area contributed by atoms with Crippen molar-refractivity contribution >= 4 is 0 Å². The van der Waals surface area contributed by atoms with Crippen LogP contribution in [0.5, 0.6) is 0 Å². The molecule has 2 aliphatic rings. The van der Waals surface area contributed by atoms with E-state index < -0.39 is 0 Å². The van der Waals surface area contributed by atoms with Crippen LogP contribution >= 0.6 is 0 Å². The third-order valence-electron chi connectivity index (χ3n) is 4.30. The van der Waals surface area contributed by atoms with Crippen molar-refractivity contribution in [3.63, 3.8) is 0 Å². The van der Waals surface area contributed by atoms with E-state index in [1.54, 1.807) is 0 Å². The highest BCUT2D eigenvalue weighted by molar-refractivity contribution is 5.03. The summed E-state index contributed by atoms with van der Waals surface area (Å²) in [5, 5.41) is 0. The maximum atomic E-state index is 5.96. The quantitative estimate of drug-likeness (QED) is 0.669. The van der Waals surface area contributed by atoms with Crippen molar-refractivity contribution in [2.24, 2.45) is 17.1 Å². The van der Waals surface area contributed by atoms with Crippen molar-refractivity contribution in [2.45, 2.75) is 51.4 Å². The molecule has 1 fully saturated rings. The largest absolute Gasteiger partial charge is 0.330 e.